The maximum absolute atomic E-state index is 13.0. The van der Waals surface area contributed by atoms with Gasteiger partial charge in [-0.2, -0.15) is 0 Å². The fraction of sp³-hybridized carbons (Fsp3) is 0.0400. The van der Waals surface area contributed by atoms with Gasteiger partial charge >= 0.3 is 0 Å². The van der Waals surface area contributed by atoms with Crippen LogP contribution in [0.3, 0.4) is 0 Å². The minimum absolute atomic E-state index is 0.0171. The SMILES string of the molecule is Cc1ccccc1NS(=O)(=O)c1cc(C(=O)Nc2ccc(S(=O)(=O)Nc3cccnc3)cc2)ccc1Cl. The van der Waals surface area contributed by atoms with Crippen LogP contribution in [-0.2, 0) is 20.0 Å². The molecule has 0 fully saturated rings. The first-order valence-corrected chi connectivity index (χ1v) is 14.1. The van der Waals surface area contributed by atoms with Gasteiger partial charge in [-0.25, -0.2) is 16.8 Å². The number of nitrogens with zero attached hydrogens (tertiary/aromatic N) is 1. The predicted molar refractivity (Wildman–Crippen MR) is 143 cm³/mol. The molecule has 0 aliphatic carbocycles. The van der Waals surface area contributed by atoms with Gasteiger partial charge in [0.2, 0.25) is 0 Å². The molecule has 0 aliphatic heterocycles. The van der Waals surface area contributed by atoms with Crippen LogP contribution in [0.4, 0.5) is 17.1 Å². The molecule has 0 radical (unpaired) electrons. The van der Waals surface area contributed by atoms with E-state index in [9.17, 15) is 21.6 Å². The Labute approximate surface area is 219 Å². The summed E-state index contributed by atoms with van der Waals surface area (Å²) in [7, 11) is -7.94. The molecule has 0 saturated carbocycles. The van der Waals surface area contributed by atoms with Crippen LogP contribution in [0.1, 0.15) is 15.9 Å². The van der Waals surface area contributed by atoms with Crippen molar-refractivity contribution in [2.24, 2.45) is 0 Å². The summed E-state index contributed by atoms with van der Waals surface area (Å²) in [6, 6.07) is 19.4. The Bertz CT molecular complexity index is 1660. The Morgan fingerprint density at radius 3 is 2.22 bits per heavy atom. The monoisotopic (exact) mass is 556 g/mol. The van der Waals surface area contributed by atoms with Crippen LogP contribution in [0.5, 0.6) is 0 Å². The predicted octanol–water partition coefficient (Wildman–Crippen LogP) is 4.90. The fourth-order valence-corrected chi connectivity index (χ4v) is 6.00. The summed E-state index contributed by atoms with van der Waals surface area (Å²) in [4.78, 5) is 16.4. The number of aryl methyl sites for hydroxylation is 1. The molecule has 1 heterocycles. The largest absolute Gasteiger partial charge is 0.322 e. The molecule has 0 unspecified atom stereocenters. The van der Waals surface area contributed by atoms with Crippen LogP contribution in [0.25, 0.3) is 0 Å². The number of hydrogen-bond acceptors (Lipinski definition) is 6. The van der Waals surface area contributed by atoms with E-state index in [2.05, 4.69) is 19.7 Å². The minimum atomic E-state index is -4.08. The number of halogens is 1. The number of anilines is 3. The van der Waals surface area contributed by atoms with Crippen molar-refractivity contribution in [3.63, 3.8) is 0 Å². The van der Waals surface area contributed by atoms with Crippen molar-refractivity contribution in [1.82, 2.24) is 4.98 Å². The van der Waals surface area contributed by atoms with E-state index in [1.54, 1.807) is 43.3 Å². The van der Waals surface area contributed by atoms with Gasteiger partial charge in [-0.3, -0.25) is 19.2 Å². The zero-order valence-electron chi connectivity index (χ0n) is 19.3. The first-order chi connectivity index (χ1) is 17.5. The average molecular weight is 557 g/mol. The first kappa shape index (κ1) is 26.1. The van der Waals surface area contributed by atoms with Gasteiger partial charge in [0.1, 0.15) is 4.90 Å². The zero-order valence-corrected chi connectivity index (χ0v) is 21.7. The fourth-order valence-electron chi connectivity index (χ4n) is 3.30. The number of nitrogens with one attached hydrogen (secondary N) is 3. The number of rotatable bonds is 8. The van der Waals surface area contributed by atoms with Gasteiger partial charge in [0.15, 0.2) is 0 Å². The van der Waals surface area contributed by atoms with Crippen molar-refractivity contribution in [1.29, 1.82) is 0 Å². The maximum Gasteiger partial charge on any atom is 0.263 e. The summed E-state index contributed by atoms with van der Waals surface area (Å²) in [5.74, 6) is -0.604. The van der Waals surface area contributed by atoms with Crippen LogP contribution in [0.2, 0.25) is 5.02 Å². The van der Waals surface area contributed by atoms with Crippen LogP contribution in [-0.4, -0.2) is 27.7 Å². The highest BCUT2D eigenvalue weighted by Gasteiger charge is 2.21. The summed E-state index contributed by atoms with van der Waals surface area (Å²) in [5.41, 5.74) is 1.77. The van der Waals surface area contributed by atoms with Gasteiger partial charge in [-0.15, -0.1) is 0 Å². The summed E-state index contributed by atoms with van der Waals surface area (Å²) in [5, 5.41) is 2.57. The lowest BCUT2D eigenvalue weighted by molar-refractivity contribution is 0.102. The van der Waals surface area contributed by atoms with Crippen molar-refractivity contribution in [2.45, 2.75) is 16.7 Å². The van der Waals surface area contributed by atoms with Crippen molar-refractivity contribution in [2.75, 3.05) is 14.8 Å². The number of hydrogen-bond donors (Lipinski definition) is 3. The number of para-hydroxylation sites is 1. The summed E-state index contributed by atoms with van der Waals surface area (Å²) in [6.45, 7) is 1.76. The highest BCUT2D eigenvalue weighted by molar-refractivity contribution is 7.93. The molecular weight excluding hydrogens is 536 g/mol. The Morgan fingerprint density at radius 1 is 0.811 bits per heavy atom. The Hall–Kier alpha value is -3.93. The van der Waals surface area contributed by atoms with Gasteiger partial charge in [0.25, 0.3) is 26.0 Å². The molecule has 9 nitrogen and oxygen atoms in total. The van der Waals surface area contributed by atoms with Gasteiger partial charge < -0.3 is 5.32 Å². The van der Waals surface area contributed by atoms with E-state index in [1.165, 1.54) is 54.9 Å². The molecule has 0 bridgehead atoms. The molecule has 0 atom stereocenters. The zero-order chi connectivity index (χ0) is 26.6. The minimum Gasteiger partial charge on any atom is -0.322 e. The number of pyridine rings is 1. The normalized spacial score (nSPS) is 11.5. The van der Waals surface area contributed by atoms with Gasteiger partial charge in [0.05, 0.1) is 27.5 Å². The maximum atomic E-state index is 13.0. The Kier molecular flexibility index (Phi) is 7.48. The average Bonchev–Trinajstić information content (AvgIpc) is 2.86. The molecule has 4 aromatic rings. The standard InChI is InChI=1S/C25H21ClN4O5S2/c1-17-5-2-3-7-23(17)30-37(34,35)24-15-18(8-13-22(24)26)25(31)28-19-9-11-21(12-10-19)36(32,33)29-20-6-4-14-27-16-20/h2-16,29-30H,1H3,(H,28,31). The third kappa shape index (κ3) is 6.26. The number of carbonyl (C=O) groups excluding carboxylic acids is 1. The molecule has 0 saturated heterocycles. The first-order valence-electron chi connectivity index (χ1n) is 10.8. The van der Waals surface area contributed by atoms with Crippen LogP contribution >= 0.6 is 11.6 Å². The lowest BCUT2D eigenvalue weighted by atomic mass is 10.2. The van der Waals surface area contributed by atoms with E-state index in [-0.39, 0.29) is 20.4 Å². The molecule has 3 aromatic carbocycles. The van der Waals surface area contributed by atoms with E-state index in [0.29, 0.717) is 17.1 Å². The smallest absolute Gasteiger partial charge is 0.263 e. The van der Waals surface area contributed by atoms with E-state index < -0.39 is 26.0 Å². The molecule has 4 rings (SSSR count). The van der Waals surface area contributed by atoms with Crippen molar-refractivity contribution in [3.05, 3.63) is 107 Å². The van der Waals surface area contributed by atoms with Crippen LogP contribution in [0, 0.1) is 6.92 Å². The molecule has 0 aliphatic rings. The second kappa shape index (κ2) is 10.6. The lowest BCUT2D eigenvalue weighted by Crippen LogP contribution is -2.17. The molecule has 1 aromatic heterocycles. The molecule has 190 valence electrons. The van der Waals surface area contributed by atoms with E-state index in [4.69, 9.17) is 11.6 Å². The number of aromatic nitrogens is 1. The molecule has 3 N–H and O–H groups in total. The van der Waals surface area contributed by atoms with E-state index in [1.807, 2.05) is 0 Å². The molecule has 0 spiro atoms. The van der Waals surface area contributed by atoms with Crippen LogP contribution < -0.4 is 14.8 Å². The summed E-state index contributed by atoms with van der Waals surface area (Å²) in [6.07, 6.45) is 2.90. The summed E-state index contributed by atoms with van der Waals surface area (Å²) >= 11 is 6.15. The van der Waals surface area contributed by atoms with E-state index in [0.717, 1.165) is 5.56 Å². The van der Waals surface area contributed by atoms with Crippen molar-refractivity contribution in [3.8, 4) is 0 Å². The molecule has 37 heavy (non-hydrogen) atoms. The lowest BCUT2D eigenvalue weighted by Gasteiger charge is -2.13. The number of sulfonamides is 2. The van der Waals surface area contributed by atoms with Gasteiger partial charge in [-0.1, -0.05) is 29.8 Å². The third-order valence-corrected chi connectivity index (χ3v) is 8.45. The number of amides is 1. The Morgan fingerprint density at radius 2 is 1.54 bits per heavy atom. The second-order valence-electron chi connectivity index (χ2n) is 7.89. The highest BCUT2D eigenvalue weighted by atomic mass is 35.5. The summed E-state index contributed by atoms with van der Waals surface area (Å²) < 4.78 is 56.0. The molecule has 12 heteroatoms. The van der Waals surface area contributed by atoms with Crippen molar-refractivity contribution < 1.29 is 21.6 Å². The quantitative estimate of drug-likeness (QED) is 0.283. The van der Waals surface area contributed by atoms with Gasteiger partial charge in [0, 0.05) is 17.4 Å². The Balaban J connectivity index is 1.51. The van der Waals surface area contributed by atoms with Crippen molar-refractivity contribution >= 4 is 54.6 Å². The number of carbonyl (C=O) groups is 1. The van der Waals surface area contributed by atoms with Crippen LogP contribution in [0.15, 0.2) is 101 Å². The molecule has 1 amide bonds. The third-order valence-electron chi connectivity index (χ3n) is 5.21. The van der Waals surface area contributed by atoms with E-state index >= 15 is 0 Å². The second-order valence-corrected chi connectivity index (χ2v) is 11.6. The number of benzene rings is 3. The molecular formula is C25H21ClN4O5S2. The topological polar surface area (TPSA) is 134 Å². The van der Waals surface area contributed by atoms with Gasteiger partial charge in [-0.05, 0) is 73.2 Å². The highest BCUT2D eigenvalue weighted by Crippen LogP contribution is 2.27.